The maximum Gasteiger partial charge on any atom is 0.0766 e. The minimum Gasteiger partial charge on any atom is -0.323 e. The first kappa shape index (κ1) is 11.5. The number of nitriles is 1. The Labute approximate surface area is 101 Å². The molecule has 0 amide bonds. The summed E-state index contributed by atoms with van der Waals surface area (Å²) in [6.07, 6.45) is 5.06. The minimum absolute atomic E-state index is 0.137. The van der Waals surface area contributed by atoms with E-state index in [-0.39, 0.29) is 11.5 Å². The fourth-order valence-electron chi connectivity index (χ4n) is 2.18. The van der Waals surface area contributed by atoms with Gasteiger partial charge in [-0.05, 0) is 36.8 Å². The molecule has 1 unspecified atom stereocenters. The lowest BCUT2D eigenvalue weighted by atomic mass is 9.64. The van der Waals surface area contributed by atoms with Crippen molar-refractivity contribution in [3.8, 4) is 6.07 Å². The standard InChI is InChI=1S/C13H16N2S/c1-16-11-5-3-10(4-6-11)12(15)13(9-14)7-2-8-13/h3-6,12H,2,7-8,15H2,1H3. The topological polar surface area (TPSA) is 49.8 Å². The van der Waals surface area contributed by atoms with Gasteiger partial charge in [0.25, 0.3) is 0 Å². The summed E-state index contributed by atoms with van der Waals surface area (Å²) in [5.41, 5.74) is 6.99. The van der Waals surface area contributed by atoms with E-state index in [1.807, 2.05) is 12.1 Å². The molecule has 0 aliphatic heterocycles. The number of thioether (sulfide) groups is 1. The molecule has 0 spiro atoms. The summed E-state index contributed by atoms with van der Waals surface area (Å²) in [5.74, 6) is 0. The van der Waals surface area contributed by atoms with Gasteiger partial charge in [-0.3, -0.25) is 0 Å². The monoisotopic (exact) mass is 232 g/mol. The molecule has 2 nitrogen and oxygen atoms in total. The van der Waals surface area contributed by atoms with E-state index in [4.69, 9.17) is 5.73 Å². The molecule has 1 aromatic rings. The van der Waals surface area contributed by atoms with Crippen LogP contribution in [0.4, 0.5) is 0 Å². The number of benzene rings is 1. The summed E-state index contributed by atoms with van der Waals surface area (Å²) >= 11 is 1.72. The molecule has 2 rings (SSSR count). The number of hydrogen-bond donors (Lipinski definition) is 1. The van der Waals surface area contributed by atoms with Crippen LogP contribution in [0, 0.1) is 16.7 Å². The Morgan fingerprint density at radius 2 is 2.00 bits per heavy atom. The normalized spacial score (nSPS) is 19.6. The lowest BCUT2D eigenvalue weighted by Gasteiger charge is -2.40. The number of hydrogen-bond acceptors (Lipinski definition) is 3. The highest BCUT2D eigenvalue weighted by Crippen LogP contribution is 2.48. The van der Waals surface area contributed by atoms with Gasteiger partial charge in [0.1, 0.15) is 0 Å². The molecule has 3 heteroatoms. The Balaban J connectivity index is 2.20. The second-order valence-electron chi connectivity index (χ2n) is 4.37. The zero-order valence-electron chi connectivity index (χ0n) is 9.44. The third-order valence-corrected chi connectivity index (χ3v) is 4.28. The lowest BCUT2D eigenvalue weighted by molar-refractivity contribution is 0.169. The Hall–Kier alpha value is -0.980. The highest BCUT2D eigenvalue weighted by atomic mass is 32.2. The summed E-state index contributed by atoms with van der Waals surface area (Å²) < 4.78 is 0. The molecular formula is C13H16N2S. The van der Waals surface area contributed by atoms with E-state index in [1.54, 1.807) is 11.8 Å². The van der Waals surface area contributed by atoms with Crippen molar-refractivity contribution >= 4 is 11.8 Å². The molecule has 1 aliphatic carbocycles. The summed E-state index contributed by atoms with van der Waals surface area (Å²) in [6.45, 7) is 0. The molecule has 1 saturated carbocycles. The molecule has 1 aromatic carbocycles. The Bertz CT molecular complexity index is 401. The number of nitrogens with two attached hydrogens (primary N) is 1. The molecule has 0 bridgehead atoms. The largest absolute Gasteiger partial charge is 0.323 e. The Morgan fingerprint density at radius 3 is 2.38 bits per heavy atom. The molecule has 1 aliphatic rings. The van der Waals surface area contributed by atoms with Crippen molar-refractivity contribution < 1.29 is 0 Å². The van der Waals surface area contributed by atoms with E-state index in [9.17, 15) is 5.26 Å². The Morgan fingerprint density at radius 1 is 1.38 bits per heavy atom. The van der Waals surface area contributed by atoms with Crippen molar-refractivity contribution in [3.05, 3.63) is 29.8 Å². The predicted molar refractivity (Wildman–Crippen MR) is 67.0 cm³/mol. The van der Waals surface area contributed by atoms with E-state index in [1.165, 1.54) is 4.90 Å². The van der Waals surface area contributed by atoms with Gasteiger partial charge in [-0.1, -0.05) is 18.6 Å². The Kier molecular flexibility index (Phi) is 3.22. The molecular weight excluding hydrogens is 216 g/mol. The second kappa shape index (κ2) is 4.48. The van der Waals surface area contributed by atoms with E-state index in [2.05, 4.69) is 24.5 Å². The summed E-state index contributed by atoms with van der Waals surface area (Å²) in [5, 5.41) is 9.23. The maximum atomic E-state index is 9.23. The van der Waals surface area contributed by atoms with Crippen LogP contribution in [0.15, 0.2) is 29.2 Å². The van der Waals surface area contributed by atoms with Gasteiger partial charge in [-0.25, -0.2) is 0 Å². The van der Waals surface area contributed by atoms with Gasteiger partial charge in [0.2, 0.25) is 0 Å². The number of nitrogens with zero attached hydrogens (tertiary/aromatic N) is 1. The van der Waals surface area contributed by atoms with Crippen LogP contribution in [0.1, 0.15) is 30.9 Å². The van der Waals surface area contributed by atoms with Gasteiger partial charge < -0.3 is 5.73 Å². The first-order valence-corrected chi connectivity index (χ1v) is 6.75. The van der Waals surface area contributed by atoms with Crippen LogP contribution in [-0.4, -0.2) is 6.26 Å². The molecule has 2 N–H and O–H groups in total. The van der Waals surface area contributed by atoms with Crippen molar-refractivity contribution in [3.63, 3.8) is 0 Å². The van der Waals surface area contributed by atoms with Crippen LogP contribution in [0.3, 0.4) is 0 Å². The molecule has 84 valence electrons. The summed E-state index contributed by atoms with van der Waals surface area (Å²) in [7, 11) is 0. The first-order valence-electron chi connectivity index (χ1n) is 5.53. The van der Waals surface area contributed by atoms with E-state index < -0.39 is 0 Å². The molecule has 16 heavy (non-hydrogen) atoms. The average molecular weight is 232 g/mol. The van der Waals surface area contributed by atoms with Crippen molar-refractivity contribution in [2.45, 2.75) is 30.2 Å². The van der Waals surface area contributed by atoms with Gasteiger partial charge in [-0.2, -0.15) is 5.26 Å². The summed E-state index contributed by atoms with van der Waals surface area (Å²) in [4.78, 5) is 1.23. The number of rotatable bonds is 3. The van der Waals surface area contributed by atoms with Gasteiger partial charge in [0, 0.05) is 10.9 Å². The smallest absolute Gasteiger partial charge is 0.0766 e. The van der Waals surface area contributed by atoms with E-state index in [0.29, 0.717) is 0 Å². The van der Waals surface area contributed by atoms with E-state index >= 15 is 0 Å². The van der Waals surface area contributed by atoms with Crippen LogP contribution >= 0.6 is 11.8 Å². The molecule has 1 atom stereocenters. The molecule has 0 aromatic heterocycles. The van der Waals surface area contributed by atoms with Crippen molar-refractivity contribution in [2.24, 2.45) is 11.1 Å². The van der Waals surface area contributed by atoms with Crippen LogP contribution in [0.2, 0.25) is 0 Å². The minimum atomic E-state index is -0.305. The second-order valence-corrected chi connectivity index (χ2v) is 5.25. The van der Waals surface area contributed by atoms with Crippen molar-refractivity contribution in [1.29, 1.82) is 5.26 Å². The van der Waals surface area contributed by atoms with Gasteiger partial charge in [-0.15, -0.1) is 11.8 Å². The molecule has 1 fully saturated rings. The van der Waals surface area contributed by atoms with Crippen molar-refractivity contribution in [1.82, 2.24) is 0 Å². The quantitative estimate of drug-likeness (QED) is 0.815. The van der Waals surface area contributed by atoms with Crippen LogP contribution < -0.4 is 5.73 Å². The highest BCUT2D eigenvalue weighted by molar-refractivity contribution is 7.98. The fraction of sp³-hybridized carbons (Fsp3) is 0.462. The molecule has 0 saturated heterocycles. The summed E-state index contributed by atoms with van der Waals surface area (Å²) in [6, 6.07) is 10.5. The third kappa shape index (κ3) is 1.83. The maximum absolute atomic E-state index is 9.23. The van der Waals surface area contributed by atoms with Crippen LogP contribution in [0.25, 0.3) is 0 Å². The third-order valence-electron chi connectivity index (χ3n) is 3.54. The fourth-order valence-corrected chi connectivity index (χ4v) is 2.59. The average Bonchev–Trinajstić information content (AvgIpc) is 2.28. The van der Waals surface area contributed by atoms with Crippen LogP contribution in [-0.2, 0) is 0 Å². The van der Waals surface area contributed by atoms with Gasteiger partial charge in [0.05, 0.1) is 11.5 Å². The van der Waals surface area contributed by atoms with E-state index in [0.717, 1.165) is 24.8 Å². The SMILES string of the molecule is CSc1ccc(C(N)C2(C#N)CCC2)cc1. The molecule has 0 radical (unpaired) electrons. The van der Waals surface area contributed by atoms with Gasteiger partial charge in [0.15, 0.2) is 0 Å². The van der Waals surface area contributed by atoms with Crippen molar-refractivity contribution in [2.75, 3.05) is 6.26 Å². The lowest BCUT2D eigenvalue weighted by Crippen LogP contribution is -2.39. The van der Waals surface area contributed by atoms with Crippen LogP contribution in [0.5, 0.6) is 0 Å². The first-order chi connectivity index (χ1) is 7.72. The zero-order valence-corrected chi connectivity index (χ0v) is 10.3. The van der Waals surface area contributed by atoms with Gasteiger partial charge >= 0.3 is 0 Å². The highest BCUT2D eigenvalue weighted by Gasteiger charge is 2.43. The zero-order chi connectivity index (χ0) is 11.6. The predicted octanol–water partition coefficient (Wildman–Crippen LogP) is 3.10. The molecule has 0 heterocycles.